The van der Waals surface area contributed by atoms with Gasteiger partial charge in [-0.2, -0.15) is 0 Å². The second-order valence-electron chi connectivity index (χ2n) is 5.80. The summed E-state index contributed by atoms with van der Waals surface area (Å²) >= 11 is 0. The van der Waals surface area contributed by atoms with Crippen LogP contribution < -0.4 is 0 Å². The molecule has 108 valence electrons. The number of hydrogen-bond acceptors (Lipinski definition) is 2. The van der Waals surface area contributed by atoms with Crippen LogP contribution in [0.25, 0.3) is 0 Å². The third-order valence-electron chi connectivity index (χ3n) is 4.16. The van der Waals surface area contributed by atoms with Crippen molar-refractivity contribution in [2.24, 2.45) is 5.92 Å². The van der Waals surface area contributed by atoms with Gasteiger partial charge in [0.15, 0.2) is 0 Å². The van der Waals surface area contributed by atoms with E-state index >= 15 is 0 Å². The van der Waals surface area contributed by atoms with Gasteiger partial charge in [0, 0.05) is 0 Å². The third kappa shape index (κ3) is 3.33. The minimum absolute atomic E-state index is 0.0245. The number of rotatable bonds is 5. The standard InChI is InChI=1S/C19H20O2/c1-14-7-9-16(10-8-14)13-17-18(21-19(17)20)12-11-15-5-3-2-4-6-15/h2-10,17-18H,11-13H2,1H3. The van der Waals surface area contributed by atoms with Crippen molar-refractivity contribution in [3.63, 3.8) is 0 Å². The van der Waals surface area contributed by atoms with Crippen LogP contribution in [-0.4, -0.2) is 12.1 Å². The molecule has 0 aliphatic carbocycles. The van der Waals surface area contributed by atoms with Gasteiger partial charge in [0.05, 0.1) is 5.92 Å². The zero-order chi connectivity index (χ0) is 14.7. The lowest BCUT2D eigenvalue weighted by molar-refractivity contribution is -0.184. The quantitative estimate of drug-likeness (QED) is 0.780. The largest absolute Gasteiger partial charge is 0.461 e. The normalized spacial score (nSPS) is 20.7. The van der Waals surface area contributed by atoms with Gasteiger partial charge in [0.25, 0.3) is 0 Å². The number of aryl methyl sites for hydroxylation is 2. The van der Waals surface area contributed by atoms with E-state index in [2.05, 4.69) is 43.3 Å². The summed E-state index contributed by atoms with van der Waals surface area (Å²) in [6, 6.07) is 18.8. The summed E-state index contributed by atoms with van der Waals surface area (Å²) in [6.45, 7) is 2.07. The Morgan fingerprint density at radius 3 is 2.33 bits per heavy atom. The van der Waals surface area contributed by atoms with E-state index in [-0.39, 0.29) is 18.0 Å². The Hall–Kier alpha value is -2.09. The molecular formula is C19H20O2. The molecule has 0 N–H and O–H groups in total. The summed E-state index contributed by atoms with van der Waals surface area (Å²) in [5.41, 5.74) is 3.76. The number of benzene rings is 2. The molecule has 2 nitrogen and oxygen atoms in total. The molecule has 2 aromatic rings. The highest BCUT2D eigenvalue weighted by molar-refractivity contribution is 5.78. The molecule has 1 fully saturated rings. The zero-order valence-corrected chi connectivity index (χ0v) is 12.3. The van der Waals surface area contributed by atoms with Crippen LogP contribution in [0.1, 0.15) is 23.1 Å². The van der Waals surface area contributed by atoms with Gasteiger partial charge < -0.3 is 4.74 Å². The lowest BCUT2D eigenvalue weighted by Crippen LogP contribution is -2.46. The van der Waals surface area contributed by atoms with E-state index in [1.807, 2.05) is 18.2 Å². The Kier molecular flexibility index (Phi) is 4.05. The highest BCUT2D eigenvalue weighted by atomic mass is 16.6. The van der Waals surface area contributed by atoms with E-state index in [0.717, 1.165) is 19.3 Å². The topological polar surface area (TPSA) is 26.3 Å². The molecule has 0 bridgehead atoms. The molecule has 3 rings (SSSR count). The number of esters is 1. The van der Waals surface area contributed by atoms with Gasteiger partial charge in [-0.3, -0.25) is 4.79 Å². The summed E-state index contributed by atoms with van der Waals surface area (Å²) in [4.78, 5) is 11.7. The van der Waals surface area contributed by atoms with Gasteiger partial charge in [-0.25, -0.2) is 0 Å². The van der Waals surface area contributed by atoms with Gasteiger partial charge in [-0.05, 0) is 37.3 Å². The second kappa shape index (κ2) is 6.13. The maximum Gasteiger partial charge on any atom is 0.313 e. The van der Waals surface area contributed by atoms with Crippen molar-refractivity contribution >= 4 is 5.97 Å². The van der Waals surface area contributed by atoms with Crippen LogP contribution in [0.2, 0.25) is 0 Å². The summed E-state index contributed by atoms with van der Waals surface area (Å²) < 4.78 is 5.33. The zero-order valence-electron chi connectivity index (χ0n) is 12.3. The van der Waals surface area contributed by atoms with Crippen molar-refractivity contribution in [2.45, 2.75) is 32.3 Å². The first-order valence-electron chi connectivity index (χ1n) is 7.52. The summed E-state index contributed by atoms with van der Waals surface area (Å²) in [5, 5.41) is 0. The van der Waals surface area contributed by atoms with Crippen molar-refractivity contribution in [1.82, 2.24) is 0 Å². The monoisotopic (exact) mass is 280 g/mol. The molecule has 1 aliphatic heterocycles. The van der Waals surface area contributed by atoms with E-state index in [1.165, 1.54) is 16.7 Å². The van der Waals surface area contributed by atoms with E-state index in [0.29, 0.717) is 0 Å². The Morgan fingerprint density at radius 2 is 1.67 bits per heavy atom. The molecule has 1 saturated heterocycles. The number of cyclic esters (lactones) is 1. The van der Waals surface area contributed by atoms with E-state index in [9.17, 15) is 4.79 Å². The first-order valence-corrected chi connectivity index (χ1v) is 7.52. The Morgan fingerprint density at radius 1 is 0.952 bits per heavy atom. The maximum absolute atomic E-state index is 11.7. The molecule has 2 aromatic carbocycles. The highest BCUT2D eigenvalue weighted by Crippen LogP contribution is 2.29. The van der Waals surface area contributed by atoms with Gasteiger partial charge in [-0.15, -0.1) is 0 Å². The lowest BCUT2D eigenvalue weighted by Gasteiger charge is -2.35. The molecule has 21 heavy (non-hydrogen) atoms. The van der Waals surface area contributed by atoms with Gasteiger partial charge in [-0.1, -0.05) is 60.2 Å². The molecular weight excluding hydrogens is 260 g/mol. The Labute approximate surface area is 125 Å². The van der Waals surface area contributed by atoms with E-state index in [4.69, 9.17) is 4.74 Å². The van der Waals surface area contributed by atoms with Crippen LogP contribution in [0.3, 0.4) is 0 Å². The van der Waals surface area contributed by atoms with Crippen molar-refractivity contribution in [2.75, 3.05) is 0 Å². The molecule has 0 radical (unpaired) electrons. The first-order chi connectivity index (χ1) is 10.2. The second-order valence-corrected chi connectivity index (χ2v) is 5.80. The smallest absolute Gasteiger partial charge is 0.313 e. The highest BCUT2D eigenvalue weighted by Gasteiger charge is 2.41. The lowest BCUT2D eigenvalue weighted by atomic mass is 9.86. The van der Waals surface area contributed by atoms with Crippen molar-refractivity contribution in [1.29, 1.82) is 0 Å². The van der Waals surface area contributed by atoms with Crippen molar-refractivity contribution in [3.05, 3.63) is 71.3 Å². The first kappa shape index (κ1) is 13.9. The maximum atomic E-state index is 11.7. The van der Waals surface area contributed by atoms with E-state index < -0.39 is 0 Å². The molecule has 0 aromatic heterocycles. The molecule has 2 atom stereocenters. The van der Waals surface area contributed by atoms with Crippen molar-refractivity contribution in [3.8, 4) is 0 Å². The summed E-state index contributed by atoms with van der Waals surface area (Å²) in [6.07, 6.45) is 2.73. The molecule has 1 aliphatic rings. The molecule has 0 amide bonds. The average Bonchev–Trinajstić information content (AvgIpc) is 2.51. The molecule has 2 heteroatoms. The van der Waals surface area contributed by atoms with E-state index in [1.54, 1.807) is 0 Å². The summed E-state index contributed by atoms with van der Waals surface area (Å²) in [5.74, 6) is -0.0231. The van der Waals surface area contributed by atoms with Crippen LogP contribution in [0.15, 0.2) is 54.6 Å². The SMILES string of the molecule is Cc1ccc(CC2C(=O)OC2CCc2ccccc2)cc1. The summed E-state index contributed by atoms with van der Waals surface area (Å²) in [7, 11) is 0. The van der Waals surface area contributed by atoms with Crippen LogP contribution in [0.4, 0.5) is 0 Å². The number of carbonyl (C=O) groups is 1. The fourth-order valence-corrected chi connectivity index (χ4v) is 2.80. The molecule has 2 unspecified atom stereocenters. The molecule has 0 saturated carbocycles. The number of carbonyl (C=O) groups excluding carboxylic acids is 1. The minimum Gasteiger partial charge on any atom is -0.461 e. The van der Waals surface area contributed by atoms with Crippen LogP contribution in [0, 0.1) is 12.8 Å². The average molecular weight is 280 g/mol. The Bertz CT molecular complexity index is 601. The number of hydrogen-bond donors (Lipinski definition) is 0. The van der Waals surface area contributed by atoms with Crippen LogP contribution in [0.5, 0.6) is 0 Å². The Balaban J connectivity index is 1.57. The molecule has 1 heterocycles. The predicted octanol–water partition coefficient (Wildman–Crippen LogP) is 3.71. The molecule has 0 spiro atoms. The minimum atomic E-state index is -0.0476. The van der Waals surface area contributed by atoms with Gasteiger partial charge in [0.1, 0.15) is 6.10 Å². The van der Waals surface area contributed by atoms with Crippen molar-refractivity contribution < 1.29 is 9.53 Å². The van der Waals surface area contributed by atoms with Gasteiger partial charge in [0.2, 0.25) is 0 Å². The fourth-order valence-electron chi connectivity index (χ4n) is 2.80. The van der Waals surface area contributed by atoms with Crippen LogP contribution >= 0.6 is 0 Å². The van der Waals surface area contributed by atoms with Gasteiger partial charge >= 0.3 is 5.97 Å². The third-order valence-corrected chi connectivity index (χ3v) is 4.16. The fraction of sp³-hybridized carbons (Fsp3) is 0.316. The van der Waals surface area contributed by atoms with Crippen LogP contribution in [-0.2, 0) is 22.4 Å². The number of ether oxygens (including phenoxy) is 1. The predicted molar refractivity (Wildman–Crippen MR) is 83.0 cm³/mol.